The van der Waals surface area contributed by atoms with E-state index in [0.29, 0.717) is 24.5 Å². The largest absolute Gasteiger partial charge is 0.372 e. The zero-order chi connectivity index (χ0) is 16.4. The molecule has 3 rings (SSSR count). The van der Waals surface area contributed by atoms with Gasteiger partial charge in [-0.1, -0.05) is 46.3 Å². The van der Waals surface area contributed by atoms with Crippen LogP contribution in [0.3, 0.4) is 0 Å². The van der Waals surface area contributed by atoms with Crippen molar-refractivity contribution >= 4 is 31.6 Å². The number of hydrogen-bond donors (Lipinski definition) is 0. The van der Waals surface area contributed by atoms with E-state index in [0.717, 1.165) is 22.1 Å². The number of rotatable bonds is 3. The van der Waals surface area contributed by atoms with E-state index in [-0.39, 0.29) is 0 Å². The summed E-state index contributed by atoms with van der Waals surface area (Å²) in [5.74, 6) is 0. The lowest BCUT2D eigenvalue weighted by atomic mass is 10.1. The van der Waals surface area contributed by atoms with Crippen molar-refractivity contribution in [3.8, 4) is 0 Å². The molecule has 0 amide bonds. The third-order valence-electron chi connectivity index (χ3n) is 4.13. The minimum atomic E-state index is -3.47. The molecule has 1 aliphatic heterocycles. The summed E-state index contributed by atoms with van der Waals surface area (Å²) in [6.07, 6.45) is 0.718. The Bertz CT molecular complexity index is 793. The number of fused-ring (bicyclic) bond motifs is 1. The van der Waals surface area contributed by atoms with Crippen LogP contribution in [0, 0.1) is 0 Å². The number of hydrogen-bond acceptors (Lipinski definition) is 3. The highest BCUT2D eigenvalue weighted by Crippen LogP contribution is 2.32. The van der Waals surface area contributed by atoms with Gasteiger partial charge >= 0.3 is 0 Å². The maximum atomic E-state index is 13.0. The molecule has 0 N–H and O–H groups in total. The highest BCUT2D eigenvalue weighted by atomic mass is 79.9. The molecule has 4 nitrogen and oxygen atoms in total. The standard InChI is InChI=1S/C17H19BrN2O2S/c1-19-11-12-20(10-9-14-5-3-2-4-6-14)23(21,22)17-8-7-15(18)13-16(17)19/h2-8,13H,9-12H2,1H3. The van der Waals surface area contributed by atoms with Gasteiger partial charge < -0.3 is 4.90 Å². The van der Waals surface area contributed by atoms with Gasteiger partial charge in [0, 0.05) is 31.2 Å². The highest BCUT2D eigenvalue weighted by Gasteiger charge is 2.31. The Morgan fingerprint density at radius 1 is 1.09 bits per heavy atom. The molecule has 0 saturated carbocycles. The predicted octanol–water partition coefficient (Wildman–Crippen LogP) is 3.13. The fourth-order valence-corrected chi connectivity index (χ4v) is 4.78. The minimum absolute atomic E-state index is 0.383. The quantitative estimate of drug-likeness (QED) is 0.802. The molecule has 0 saturated heterocycles. The van der Waals surface area contributed by atoms with Crippen molar-refractivity contribution < 1.29 is 8.42 Å². The second kappa shape index (κ2) is 6.63. The van der Waals surface area contributed by atoms with Gasteiger partial charge in [0.25, 0.3) is 0 Å². The number of nitrogens with zero attached hydrogens (tertiary/aromatic N) is 2. The molecular weight excluding hydrogens is 376 g/mol. The van der Waals surface area contributed by atoms with Crippen LogP contribution in [0.4, 0.5) is 5.69 Å². The van der Waals surface area contributed by atoms with Gasteiger partial charge in [-0.15, -0.1) is 0 Å². The van der Waals surface area contributed by atoms with Crippen LogP contribution >= 0.6 is 15.9 Å². The zero-order valence-electron chi connectivity index (χ0n) is 12.9. The molecule has 0 aromatic heterocycles. The number of likely N-dealkylation sites (N-methyl/N-ethyl adjacent to an activating group) is 1. The molecule has 0 unspecified atom stereocenters. The van der Waals surface area contributed by atoms with Gasteiger partial charge in [-0.2, -0.15) is 4.31 Å². The summed E-state index contributed by atoms with van der Waals surface area (Å²) >= 11 is 3.42. The van der Waals surface area contributed by atoms with Gasteiger partial charge in [0.2, 0.25) is 10.0 Å². The van der Waals surface area contributed by atoms with Gasteiger partial charge in [-0.3, -0.25) is 0 Å². The van der Waals surface area contributed by atoms with Gasteiger partial charge in [-0.25, -0.2) is 8.42 Å². The van der Waals surface area contributed by atoms with Crippen LogP contribution in [0.25, 0.3) is 0 Å². The fourth-order valence-electron chi connectivity index (χ4n) is 2.78. The van der Waals surface area contributed by atoms with Gasteiger partial charge in [-0.05, 0) is 30.2 Å². The lowest BCUT2D eigenvalue weighted by molar-refractivity contribution is 0.425. The fraction of sp³-hybridized carbons (Fsp3) is 0.294. The molecule has 1 heterocycles. The van der Waals surface area contributed by atoms with Crippen LogP contribution in [0.5, 0.6) is 0 Å². The Morgan fingerprint density at radius 2 is 1.83 bits per heavy atom. The van der Waals surface area contributed by atoms with Crippen molar-refractivity contribution in [3.63, 3.8) is 0 Å². The predicted molar refractivity (Wildman–Crippen MR) is 96.3 cm³/mol. The molecule has 0 spiro atoms. The van der Waals surface area contributed by atoms with E-state index in [1.165, 1.54) is 0 Å². The Labute approximate surface area is 145 Å². The third-order valence-corrected chi connectivity index (χ3v) is 6.57. The van der Waals surface area contributed by atoms with E-state index >= 15 is 0 Å². The minimum Gasteiger partial charge on any atom is -0.372 e. The molecule has 1 aliphatic rings. The summed E-state index contributed by atoms with van der Waals surface area (Å²) in [4.78, 5) is 2.38. The van der Waals surface area contributed by atoms with Crippen molar-refractivity contribution in [1.82, 2.24) is 4.31 Å². The molecule has 0 bridgehead atoms. The molecule has 0 atom stereocenters. The summed E-state index contributed by atoms with van der Waals surface area (Å²) < 4.78 is 28.5. The topological polar surface area (TPSA) is 40.6 Å². The third kappa shape index (κ3) is 3.44. The SMILES string of the molecule is CN1CCN(CCc2ccccc2)S(=O)(=O)c2ccc(Br)cc21. The molecule has 0 aliphatic carbocycles. The Kier molecular flexibility index (Phi) is 4.75. The molecule has 6 heteroatoms. The molecule has 122 valence electrons. The van der Waals surface area contributed by atoms with E-state index < -0.39 is 10.0 Å². The van der Waals surface area contributed by atoms with Gasteiger partial charge in [0.15, 0.2) is 0 Å². The maximum absolute atomic E-state index is 13.0. The number of sulfonamides is 1. The molecular formula is C17H19BrN2O2S. The lowest BCUT2D eigenvalue weighted by Crippen LogP contribution is -2.35. The molecule has 0 fully saturated rings. The zero-order valence-corrected chi connectivity index (χ0v) is 15.3. The van der Waals surface area contributed by atoms with Crippen molar-refractivity contribution in [3.05, 3.63) is 58.6 Å². The van der Waals surface area contributed by atoms with Gasteiger partial charge in [0.1, 0.15) is 4.90 Å². The van der Waals surface area contributed by atoms with Crippen LogP contribution in [-0.2, 0) is 16.4 Å². The molecule has 2 aromatic rings. The number of benzene rings is 2. The summed E-state index contributed by atoms with van der Waals surface area (Å²) in [5, 5.41) is 0. The van der Waals surface area contributed by atoms with E-state index in [4.69, 9.17) is 0 Å². The summed E-state index contributed by atoms with van der Waals surface area (Å²) in [7, 11) is -1.54. The highest BCUT2D eigenvalue weighted by molar-refractivity contribution is 9.10. The molecule has 2 aromatic carbocycles. The van der Waals surface area contributed by atoms with Crippen LogP contribution in [-0.4, -0.2) is 39.4 Å². The first-order valence-electron chi connectivity index (χ1n) is 7.53. The Balaban J connectivity index is 1.89. The summed E-state index contributed by atoms with van der Waals surface area (Å²) in [6, 6.07) is 15.3. The first kappa shape index (κ1) is 16.5. The summed E-state index contributed by atoms with van der Waals surface area (Å²) in [6.45, 7) is 1.67. The Hall–Kier alpha value is -1.37. The average Bonchev–Trinajstić information content (AvgIpc) is 2.62. The second-order valence-corrected chi connectivity index (χ2v) is 8.50. The van der Waals surface area contributed by atoms with Gasteiger partial charge in [0.05, 0.1) is 5.69 Å². The van der Waals surface area contributed by atoms with E-state index in [1.807, 2.05) is 48.3 Å². The van der Waals surface area contributed by atoms with E-state index in [9.17, 15) is 8.42 Å². The number of anilines is 1. The van der Waals surface area contributed by atoms with Crippen molar-refractivity contribution in [2.45, 2.75) is 11.3 Å². The number of halogens is 1. The van der Waals surface area contributed by atoms with Crippen molar-refractivity contribution in [2.24, 2.45) is 0 Å². The van der Waals surface area contributed by atoms with Crippen LogP contribution in [0.2, 0.25) is 0 Å². The van der Waals surface area contributed by atoms with E-state index in [1.54, 1.807) is 16.4 Å². The smallest absolute Gasteiger partial charge is 0.245 e. The molecule has 23 heavy (non-hydrogen) atoms. The monoisotopic (exact) mass is 394 g/mol. The first-order valence-corrected chi connectivity index (χ1v) is 9.76. The summed E-state index contributed by atoms with van der Waals surface area (Å²) in [5.41, 5.74) is 1.90. The lowest BCUT2D eigenvalue weighted by Gasteiger charge is -2.20. The van der Waals surface area contributed by atoms with Crippen molar-refractivity contribution in [1.29, 1.82) is 0 Å². The van der Waals surface area contributed by atoms with Crippen LogP contribution < -0.4 is 4.90 Å². The van der Waals surface area contributed by atoms with E-state index in [2.05, 4.69) is 15.9 Å². The molecule has 0 radical (unpaired) electrons. The second-order valence-electron chi connectivity index (χ2n) is 5.67. The average molecular weight is 395 g/mol. The normalized spacial score (nSPS) is 17.6. The Morgan fingerprint density at radius 3 is 2.57 bits per heavy atom. The maximum Gasteiger partial charge on any atom is 0.245 e. The van der Waals surface area contributed by atoms with Crippen LogP contribution in [0.1, 0.15) is 5.56 Å². The van der Waals surface area contributed by atoms with Crippen LogP contribution in [0.15, 0.2) is 57.9 Å². The van der Waals surface area contributed by atoms with Crippen molar-refractivity contribution in [2.75, 3.05) is 31.6 Å². The first-order chi connectivity index (χ1) is 11.0.